The van der Waals surface area contributed by atoms with Gasteiger partial charge in [-0.3, -0.25) is 14.5 Å². The summed E-state index contributed by atoms with van der Waals surface area (Å²) in [6.07, 6.45) is 0. The summed E-state index contributed by atoms with van der Waals surface area (Å²) in [5.74, 6) is -0.334. The number of benzene rings is 3. The molecular formula is C28H22N2O7S. The lowest BCUT2D eigenvalue weighted by Gasteiger charge is -2.23. The second-order valence-corrected chi connectivity index (χ2v) is 9.69. The van der Waals surface area contributed by atoms with E-state index in [1.807, 2.05) is 13.0 Å². The van der Waals surface area contributed by atoms with Gasteiger partial charge in [-0.2, -0.15) is 0 Å². The molecule has 0 unspecified atom stereocenters. The lowest BCUT2D eigenvalue weighted by molar-refractivity contribution is -0.132. The van der Waals surface area contributed by atoms with Gasteiger partial charge in [0.15, 0.2) is 16.6 Å². The van der Waals surface area contributed by atoms with Crippen molar-refractivity contribution in [3.63, 3.8) is 0 Å². The number of thiazole rings is 1. The SMILES string of the molecule is CCOc1ccc2nc(N3C(=O)C(=O)C(=C(O)c4ccc5c(c4)OCCO5)[C@@H]3c3ccc(O)cc3)sc2c1. The highest BCUT2D eigenvalue weighted by Gasteiger charge is 2.48. The first-order valence-electron chi connectivity index (χ1n) is 12.0. The smallest absolute Gasteiger partial charge is 0.301 e. The molecule has 2 aliphatic heterocycles. The summed E-state index contributed by atoms with van der Waals surface area (Å²) in [7, 11) is 0. The van der Waals surface area contributed by atoms with Gasteiger partial charge in [0.05, 0.1) is 28.4 Å². The van der Waals surface area contributed by atoms with Crippen molar-refractivity contribution in [2.45, 2.75) is 13.0 Å². The van der Waals surface area contributed by atoms with E-state index in [-0.39, 0.29) is 17.1 Å². The van der Waals surface area contributed by atoms with E-state index in [0.717, 1.165) is 4.70 Å². The van der Waals surface area contributed by atoms with Crippen molar-refractivity contribution in [3.8, 4) is 23.0 Å². The van der Waals surface area contributed by atoms with Crippen LogP contribution in [0.2, 0.25) is 0 Å². The number of nitrogens with zero attached hydrogens (tertiary/aromatic N) is 2. The molecule has 0 spiro atoms. The van der Waals surface area contributed by atoms with E-state index in [0.29, 0.717) is 58.8 Å². The van der Waals surface area contributed by atoms with E-state index in [1.165, 1.54) is 28.4 Å². The Kier molecular flexibility index (Phi) is 5.88. The van der Waals surface area contributed by atoms with Crippen LogP contribution in [0.15, 0.2) is 66.2 Å². The molecule has 0 bridgehead atoms. The number of amides is 1. The van der Waals surface area contributed by atoms with Crippen molar-refractivity contribution < 1.29 is 34.0 Å². The predicted molar refractivity (Wildman–Crippen MR) is 141 cm³/mol. The first-order valence-corrected chi connectivity index (χ1v) is 12.8. The number of aliphatic hydroxyl groups excluding tert-OH is 1. The van der Waals surface area contributed by atoms with Crippen molar-refractivity contribution in [2.75, 3.05) is 24.7 Å². The van der Waals surface area contributed by atoms with Crippen molar-refractivity contribution in [2.24, 2.45) is 0 Å². The Morgan fingerprint density at radius 2 is 1.82 bits per heavy atom. The van der Waals surface area contributed by atoms with Crippen LogP contribution < -0.4 is 19.1 Å². The molecule has 3 aromatic carbocycles. The number of Topliss-reactive ketones (excluding diaryl/α,β-unsaturated/α-hetero) is 1. The minimum absolute atomic E-state index is 0.0287. The molecule has 1 amide bonds. The molecule has 6 rings (SSSR count). The van der Waals surface area contributed by atoms with Gasteiger partial charge in [-0.15, -0.1) is 0 Å². The Morgan fingerprint density at radius 3 is 2.58 bits per heavy atom. The molecule has 9 nitrogen and oxygen atoms in total. The van der Waals surface area contributed by atoms with Gasteiger partial charge < -0.3 is 24.4 Å². The second kappa shape index (κ2) is 9.38. The Labute approximate surface area is 221 Å². The average Bonchev–Trinajstić information content (AvgIpc) is 3.46. The molecule has 38 heavy (non-hydrogen) atoms. The summed E-state index contributed by atoms with van der Waals surface area (Å²) in [6, 6.07) is 15.4. The minimum Gasteiger partial charge on any atom is -0.508 e. The number of aromatic nitrogens is 1. The first-order chi connectivity index (χ1) is 18.4. The third kappa shape index (κ3) is 3.99. The van der Waals surface area contributed by atoms with Crippen molar-refractivity contribution in [1.29, 1.82) is 0 Å². The van der Waals surface area contributed by atoms with Crippen LogP contribution in [0.5, 0.6) is 23.0 Å². The predicted octanol–water partition coefficient (Wildman–Crippen LogP) is 4.80. The number of ether oxygens (including phenoxy) is 3. The molecule has 4 aromatic rings. The highest BCUT2D eigenvalue weighted by Crippen LogP contribution is 2.45. The Balaban J connectivity index is 1.51. The maximum Gasteiger partial charge on any atom is 0.301 e. The van der Waals surface area contributed by atoms with E-state index in [1.54, 1.807) is 42.5 Å². The molecule has 2 aliphatic rings. The molecule has 192 valence electrons. The minimum atomic E-state index is -0.976. The average molecular weight is 531 g/mol. The molecule has 0 saturated carbocycles. The number of carbonyl (C=O) groups is 2. The van der Waals surface area contributed by atoms with Crippen LogP contribution in [0.3, 0.4) is 0 Å². The number of anilines is 1. The third-order valence-corrected chi connectivity index (χ3v) is 7.35. The van der Waals surface area contributed by atoms with E-state index >= 15 is 0 Å². The fourth-order valence-electron chi connectivity index (χ4n) is 4.60. The number of phenolic OH excluding ortho intramolecular Hbond substituents is 1. The molecule has 0 radical (unpaired) electrons. The van der Waals surface area contributed by atoms with Gasteiger partial charge in [0.25, 0.3) is 5.78 Å². The summed E-state index contributed by atoms with van der Waals surface area (Å²) in [6.45, 7) is 3.17. The number of rotatable bonds is 5. The summed E-state index contributed by atoms with van der Waals surface area (Å²) >= 11 is 1.24. The number of phenols is 1. The number of aromatic hydroxyl groups is 1. The van der Waals surface area contributed by atoms with Gasteiger partial charge in [0.2, 0.25) is 0 Å². The topological polar surface area (TPSA) is 118 Å². The number of carbonyl (C=O) groups excluding carboxylic acids is 2. The summed E-state index contributed by atoms with van der Waals surface area (Å²) in [5.41, 5.74) is 1.38. The van der Waals surface area contributed by atoms with Gasteiger partial charge in [-0.05, 0) is 61.0 Å². The third-order valence-electron chi connectivity index (χ3n) is 6.33. The number of hydrogen-bond acceptors (Lipinski definition) is 9. The number of aliphatic hydroxyl groups is 1. The zero-order valence-corrected chi connectivity index (χ0v) is 21.0. The van der Waals surface area contributed by atoms with Gasteiger partial charge in [0, 0.05) is 5.56 Å². The quantitative estimate of drug-likeness (QED) is 0.215. The van der Waals surface area contributed by atoms with Crippen LogP contribution in [-0.4, -0.2) is 46.7 Å². The maximum absolute atomic E-state index is 13.5. The van der Waals surface area contributed by atoms with Crippen LogP contribution in [-0.2, 0) is 9.59 Å². The largest absolute Gasteiger partial charge is 0.508 e. The van der Waals surface area contributed by atoms with Crippen LogP contribution in [0.25, 0.3) is 16.0 Å². The summed E-state index contributed by atoms with van der Waals surface area (Å²) in [5, 5.41) is 21.6. The highest BCUT2D eigenvalue weighted by atomic mass is 32.1. The van der Waals surface area contributed by atoms with Crippen LogP contribution >= 0.6 is 11.3 Å². The summed E-state index contributed by atoms with van der Waals surface area (Å²) < 4.78 is 17.6. The number of ketones is 1. The highest BCUT2D eigenvalue weighted by molar-refractivity contribution is 7.22. The zero-order valence-electron chi connectivity index (χ0n) is 20.2. The fourth-order valence-corrected chi connectivity index (χ4v) is 5.62. The first kappa shape index (κ1) is 23.8. The standard InChI is InChI=1S/C28H22N2O7S/c1-2-35-18-8-9-19-22(14-18)38-28(29-19)30-24(15-3-6-17(31)7-4-15)23(26(33)27(30)34)25(32)16-5-10-20-21(13-16)37-12-11-36-20/h3-10,13-14,24,31-32H,2,11-12H2,1H3/t24-/m0/s1. The molecule has 2 N–H and O–H groups in total. The van der Waals surface area contributed by atoms with Crippen molar-refractivity contribution in [3.05, 3.63) is 77.4 Å². The monoisotopic (exact) mass is 530 g/mol. The van der Waals surface area contributed by atoms with Gasteiger partial charge in [-0.25, -0.2) is 4.98 Å². The number of hydrogen-bond donors (Lipinski definition) is 2. The normalized spacial score (nSPS) is 18.2. The zero-order chi connectivity index (χ0) is 26.4. The Bertz CT molecular complexity index is 1610. The molecular weight excluding hydrogens is 508 g/mol. The lowest BCUT2D eigenvalue weighted by atomic mass is 9.95. The molecule has 1 fully saturated rings. The van der Waals surface area contributed by atoms with Crippen LogP contribution in [0.1, 0.15) is 24.1 Å². The molecule has 10 heteroatoms. The molecule has 1 atom stereocenters. The van der Waals surface area contributed by atoms with Gasteiger partial charge >= 0.3 is 5.91 Å². The Morgan fingerprint density at radius 1 is 1.05 bits per heavy atom. The summed E-state index contributed by atoms with van der Waals surface area (Å²) in [4.78, 5) is 32.8. The van der Waals surface area contributed by atoms with Gasteiger partial charge in [0.1, 0.15) is 30.5 Å². The molecule has 1 aromatic heterocycles. The Hall–Kier alpha value is -4.57. The van der Waals surface area contributed by atoms with Crippen molar-refractivity contribution in [1.82, 2.24) is 4.98 Å². The number of fused-ring (bicyclic) bond motifs is 2. The van der Waals surface area contributed by atoms with Crippen LogP contribution in [0, 0.1) is 0 Å². The maximum atomic E-state index is 13.5. The second-order valence-electron chi connectivity index (χ2n) is 8.68. The lowest BCUT2D eigenvalue weighted by Crippen LogP contribution is -2.29. The fraction of sp³-hybridized carbons (Fsp3) is 0.179. The van der Waals surface area contributed by atoms with Crippen molar-refractivity contribution >= 4 is 44.1 Å². The molecule has 1 saturated heterocycles. The van der Waals surface area contributed by atoms with E-state index < -0.39 is 17.7 Å². The van der Waals surface area contributed by atoms with Gasteiger partial charge in [-0.1, -0.05) is 23.5 Å². The molecule has 3 heterocycles. The van der Waals surface area contributed by atoms with E-state index in [2.05, 4.69) is 4.98 Å². The van der Waals surface area contributed by atoms with E-state index in [9.17, 15) is 19.8 Å². The van der Waals surface area contributed by atoms with Crippen LogP contribution in [0.4, 0.5) is 5.13 Å². The van der Waals surface area contributed by atoms with E-state index in [4.69, 9.17) is 14.2 Å². The molecule has 0 aliphatic carbocycles.